The quantitative estimate of drug-likeness (QED) is 0.634. The topological polar surface area (TPSA) is 90.7 Å². The van der Waals surface area contributed by atoms with Crippen LogP contribution in [0, 0.1) is 21.7 Å². The lowest BCUT2D eigenvalue weighted by Gasteiger charge is -2.12. The van der Waals surface area contributed by atoms with Gasteiger partial charge in [0.15, 0.2) is 11.5 Å². The van der Waals surface area contributed by atoms with Gasteiger partial charge in [-0.3, -0.25) is 14.9 Å². The molecule has 0 spiro atoms. The van der Waals surface area contributed by atoms with Gasteiger partial charge in [0.25, 0.3) is 11.6 Å². The van der Waals surface area contributed by atoms with E-state index in [0.717, 1.165) is 24.3 Å². The fourth-order valence-corrected chi connectivity index (χ4v) is 2.09. The minimum atomic E-state index is -1.01. The number of amides is 1. The number of carbonyl (C=O) groups is 1. The van der Waals surface area contributed by atoms with Gasteiger partial charge >= 0.3 is 0 Å². The van der Waals surface area contributed by atoms with Crippen molar-refractivity contribution in [1.29, 1.82) is 0 Å². The molecule has 2 aromatic rings. The Morgan fingerprint density at radius 1 is 1.24 bits per heavy atom. The van der Waals surface area contributed by atoms with Crippen LogP contribution in [-0.2, 0) is 0 Å². The van der Waals surface area contributed by atoms with Crippen molar-refractivity contribution in [2.75, 3.05) is 19.0 Å². The van der Waals surface area contributed by atoms with Gasteiger partial charge in [-0.15, -0.1) is 0 Å². The van der Waals surface area contributed by atoms with Gasteiger partial charge in [-0.25, -0.2) is 8.78 Å². The lowest BCUT2D eigenvalue weighted by molar-refractivity contribution is -0.385. The minimum absolute atomic E-state index is 0.0815. The highest BCUT2D eigenvalue weighted by atomic mass is 19.1. The van der Waals surface area contributed by atoms with Crippen LogP contribution >= 0.6 is 0 Å². The van der Waals surface area contributed by atoms with E-state index in [1.807, 2.05) is 0 Å². The Bertz CT molecular complexity index is 826. The molecule has 25 heavy (non-hydrogen) atoms. The van der Waals surface area contributed by atoms with Crippen molar-refractivity contribution >= 4 is 17.3 Å². The first-order chi connectivity index (χ1) is 11.9. The minimum Gasteiger partial charge on any atom is -0.493 e. The number of nitrogens with zero attached hydrogens (tertiary/aromatic N) is 1. The van der Waals surface area contributed by atoms with E-state index in [4.69, 9.17) is 9.47 Å². The molecule has 0 saturated heterocycles. The predicted octanol–water partition coefficient (Wildman–Crippen LogP) is 3.53. The Balaban J connectivity index is 2.46. The molecule has 0 radical (unpaired) electrons. The number of ether oxygens (including phenoxy) is 2. The molecule has 0 fully saturated rings. The summed E-state index contributed by atoms with van der Waals surface area (Å²) in [5.41, 5.74) is -1.20. The molecular formula is C16H14F2N2O5. The molecule has 9 heteroatoms. The first-order valence-electron chi connectivity index (χ1n) is 7.13. The summed E-state index contributed by atoms with van der Waals surface area (Å²) in [6.45, 7) is 1.93. The summed E-state index contributed by atoms with van der Waals surface area (Å²) in [5, 5.41) is 13.4. The van der Waals surface area contributed by atoms with Crippen LogP contribution < -0.4 is 14.8 Å². The maximum atomic E-state index is 13.7. The van der Waals surface area contributed by atoms with Crippen molar-refractivity contribution in [2.45, 2.75) is 6.92 Å². The second-order valence-electron chi connectivity index (χ2n) is 4.79. The number of anilines is 1. The Kier molecular flexibility index (Phi) is 5.48. The second-order valence-corrected chi connectivity index (χ2v) is 4.79. The number of nitrogens with one attached hydrogen (secondary N) is 1. The van der Waals surface area contributed by atoms with E-state index in [9.17, 15) is 23.7 Å². The largest absolute Gasteiger partial charge is 0.493 e. The molecule has 0 heterocycles. The standard InChI is InChI=1S/C16H14F2N2O5/c1-3-25-15-7-10(13(20(22)23)8-14(15)24-2)16(21)19-12-5-4-9(17)6-11(12)18/h4-8H,3H2,1-2H3,(H,19,21). The van der Waals surface area contributed by atoms with E-state index >= 15 is 0 Å². The van der Waals surface area contributed by atoms with E-state index in [-0.39, 0.29) is 29.4 Å². The van der Waals surface area contributed by atoms with Gasteiger partial charge in [0, 0.05) is 12.1 Å². The average molecular weight is 352 g/mol. The van der Waals surface area contributed by atoms with Crippen LogP contribution in [0.1, 0.15) is 17.3 Å². The predicted molar refractivity (Wildman–Crippen MR) is 85.1 cm³/mol. The van der Waals surface area contributed by atoms with Crippen LogP contribution in [-0.4, -0.2) is 24.5 Å². The Morgan fingerprint density at radius 2 is 1.96 bits per heavy atom. The molecule has 0 aromatic heterocycles. The number of hydrogen-bond donors (Lipinski definition) is 1. The molecule has 0 bridgehead atoms. The highest BCUT2D eigenvalue weighted by molar-refractivity contribution is 6.07. The maximum absolute atomic E-state index is 13.7. The SMILES string of the molecule is CCOc1cc(C(=O)Nc2ccc(F)cc2F)c([N+](=O)[O-])cc1OC. The number of hydrogen-bond acceptors (Lipinski definition) is 5. The number of halogens is 2. The van der Waals surface area contributed by atoms with Crippen molar-refractivity contribution in [3.05, 3.63) is 57.6 Å². The number of benzene rings is 2. The van der Waals surface area contributed by atoms with Crippen LogP contribution in [0.15, 0.2) is 30.3 Å². The van der Waals surface area contributed by atoms with Crippen LogP contribution in [0.4, 0.5) is 20.2 Å². The van der Waals surface area contributed by atoms with Gasteiger partial charge in [-0.1, -0.05) is 0 Å². The monoisotopic (exact) mass is 352 g/mol. The number of methoxy groups -OCH3 is 1. The first kappa shape index (κ1) is 18.1. The van der Waals surface area contributed by atoms with E-state index < -0.39 is 28.2 Å². The van der Waals surface area contributed by atoms with E-state index in [1.165, 1.54) is 7.11 Å². The molecule has 0 unspecified atom stereocenters. The molecule has 0 aliphatic carbocycles. The first-order valence-corrected chi connectivity index (χ1v) is 7.13. The molecule has 1 amide bonds. The fourth-order valence-electron chi connectivity index (χ4n) is 2.09. The molecule has 132 valence electrons. The zero-order chi connectivity index (χ0) is 18.6. The van der Waals surface area contributed by atoms with Crippen molar-refractivity contribution < 1.29 is 28.0 Å². The lowest BCUT2D eigenvalue weighted by Crippen LogP contribution is -2.15. The number of carbonyl (C=O) groups excluding carboxylic acids is 1. The zero-order valence-corrected chi connectivity index (χ0v) is 13.3. The highest BCUT2D eigenvalue weighted by Crippen LogP contribution is 2.35. The normalized spacial score (nSPS) is 10.2. The molecule has 2 aromatic carbocycles. The number of nitro groups is 1. The van der Waals surface area contributed by atoms with Gasteiger partial charge in [-0.2, -0.15) is 0 Å². The van der Waals surface area contributed by atoms with Crippen molar-refractivity contribution in [3.8, 4) is 11.5 Å². The molecule has 0 saturated carbocycles. The van der Waals surface area contributed by atoms with E-state index in [0.29, 0.717) is 6.07 Å². The molecule has 0 aliphatic heterocycles. The number of rotatable bonds is 6. The summed E-state index contributed by atoms with van der Waals surface area (Å²) in [6, 6.07) is 4.73. The van der Waals surface area contributed by atoms with Gasteiger partial charge in [0.2, 0.25) is 0 Å². The third-order valence-corrected chi connectivity index (χ3v) is 3.20. The molecule has 1 N–H and O–H groups in total. The van der Waals surface area contributed by atoms with Crippen molar-refractivity contribution in [2.24, 2.45) is 0 Å². The third kappa shape index (κ3) is 4.00. The highest BCUT2D eigenvalue weighted by Gasteiger charge is 2.25. The molecule has 7 nitrogen and oxygen atoms in total. The Morgan fingerprint density at radius 3 is 2.52 bits per heavy atom. The van der Waals surface area contributed by atoms with E-state index in [1.54, 1.807) is 6.92 Å². The smallest absolute Gasteiger partial charge is 0.286 e. The lowest BCUT2D eigenvalue weighted by atomic mass is 10.1. The van der Waals surface area contributed by atoms with Crippen LogP contribution in [0.5, 0.6) is 11.5 Å². The average Bonchev–Trinajstić information content (AvgIpc) is 2.57. The van der Waals surface area contributed by atoms with Gasteiger partial charge < -0.3 is 14.8 Å². The van der Waals surface area contributed by atoms with Crippen LogP contribution in [0.3, 0.4) is 0 Å². The molecule has 0 aliphatic rings. The summed E-state index contributed by atoms with van der Waals surface area (Å²) >= 11 is 0. The summed E-state index contributed by atoms with van der Waals surface area (Å²) < 4.78 is 36.9. The van der Waals surface area contributed by atoms with Gasteiger partial charge in [0.1, 0.15) is 17.2 Å². The van der Waals surface area contributed by atoms with Gasteiger partial charge in [0.05, 0.1) is 30.4 Å². The maximum Gasteiger partial charge on any atom is 0.286 e. The van der Waals surface area contributed by atoms with E-state index in [2.05, 4.69) is 5.32 Å². The number of nitro benzene ring substituents is 1. The summed E-state index contributed by atoms with van der Waals surface area (Å²) in [6.07, 6.45) is 0. The summed E-state index contributed by atoms with van der Waals surface area (Å²) in [4.78, 5) is 22.8. The summed E-state index contributed by atoms with van der Waals surface area (Å²) in [7, 11) is 1.30. The van der Waals surface area contributed by atoms with Crippen molar-refractivity contribution in [3.63, 3.8) is 0 Å². The molecule has 0 atom stereocenters. The third-order valence-electron chi connectivity index (χ3n) is 3.20. The Labute approximate surface area is 141 Å². The molecular weight excluding hydrogens is 338 g/mol. The second kappa shape index (κ2) is 7.56. The zero-order valence-electron chi connectivity index (χ0n) is 13.3. The Hall–Kier alpha value is -3.23. The van der Waals surface area contributed by atoms with Crippen LogP contribution in [0.25, 0.3) is 0 Å². The summed E-state index contributed by atoms with van der Waals surface area (Å²) in [5.74, 6) is -2.56. The fraction of sp³-hybridized carbons (Fsp3) is 0.188. The van der Waals surface area contributed by atoms with Crippen molar-refractivity contribution in [1.82, 2.24) is 0 Å². The van der Waals surface area contributed by atoms with Crippen LogP contribution in [0.2, 0.25) is 0 Å². The molecule has 2 rings (SSSR count). The van der Waals surface area contributed by atoms with Gasteiger partial charge in [-0.05, 0) is 19.1 Å².